The van der Waals surface area contributed by atoms with Crippen LogP contribution in [0.2, 0.25) is 5.02 Å². The zero-order valence-corrected chi connectivity index (χ0v) is 18.5. The van der Waals surface area contributed by atoms with Gasteiger partial charge in [0.2, 0.25) is 15.9 Å². The third-order valence-corrected chi connectivity index (χ3v) is 7.94. The lowest BCUT2D eigenvalue weighted by molar-refractivity contribution is -0.138. The fourth-order valence-corrected chi connectivity index (χ4v) is 5.18. The van der Waals surface area contributed by atoms with Gasteiger partial charge in [0.15, 0.2) is 0 Å². The molecule has 1 aromatic carbocycles. The van der Waals surface area contributed by atoms with Gasteiger partial charge in [0.25, 0.3) is 0 Å². The van der Waals surface area contributed by atoms with Crippen LogP contribution in [-0.4, -0.2) is 86.6 Å². The van der Waals surface area contributed by atoms with E-state index in [-0.39, 0.29) is 17.6 Å². The first-order valence-electron chi connectivity index (χ1n) is 10.3. The van der Waals surface area contributed by atoms with Crippen LogP contribution in [-0.2, 0) is 14.8 Å². The predicted octanol–water partition coefficient (Wildman–Crippen LogP) is 1.92. The molecule has 0 bridgehead atoms. The monoisotopic (exact) mass is 443 g/mol. The van der Waals surface area contributed by atoms with Gasteiger partial charge in [0.05, 0.1) is 10.8 Å². The quantitative estimate of drug-likeness (QED) is 0.644. The number of ether oxygens (including phenoxy) is 1. The van der Waals surface area contributed by atoms with E-state index in [1.54, 1.807) is 6.92 Å². The van der Waals surface area contributed by atoms with Crippen LogP contribution in [0.1, 0.15) is 19.8 Å². The lowest BCUT2D eigenvalue weighted by atomic mass is 9.96. The number of para-hydroxylation sites is 1. The number of benzene rings is 1. The van der Waals surface area contributed by atoms with Crippen molar-refractivity contribution in [2.45, 2.75) is 19.8 Å². The first kappa shape index (κ1) is 22.3. The van der Waals surface area contributed by atoms with Gasteiger partial charge >= 0.3 is 0 Å². The molecule has 2 aliphatic rings. The highest BCUT2D eigenvalue weighted by atomic mass is 35.5. The molecule has 3 rings (SSSR count). The summed E-state index contributed by atoms with van der Waals surface area (Å²) in [5, 5.41) is 0.612. The average Bonchev–Trinajstić information content (AvgIpc) is 2.75. The van der Waals surface area contributed by atoms with Crippen molar-refractivity contribution >= 4 is 27.5 Å². The number of piperidine rings is 1. The van der Waals surface area contributed by atoms with Gasteiger partial charge in [-0.2, -0.15) is 0 Å². The molecule has 0 aliphatic carbocycles. The third-order valence-electron chi connectivity index (χ3n) is 5.75. The summed E-state index contributed by atoms with van der Waals surface area (Å²) in [5.41, 5.74) is 0. The van der Waals surface area contributed by atoms with E-state index in [2.05, 4.69) is 4.90 Å². The first-order chi connectivity index (χ1) is 13.9. The fourth-order valence-electron chi connectivity index (χ4n) is 3.86. The Hall–Kier alpha value is -1.35. The van der Waals surface area contributed by atoms with Crippen LogP contribution in [0.15, 0.2) is 24.3 Å². The first-order valence-corrected chi connectivity index (χ1v) is 12.3. The Labute approximate surface area is 178 Å². The van der Waals surface area contributed by atoms with Crippen molar-refractivity contribution in [3.05, 3.63) is 29.3 Å². The van der Waals surface area contributed by atoms with Crippen LogP contribution in [0, 0.1) is 5.92 Å². The summed E-state index contributed by atoms with van der Waals surface area (Å²) < 4.78 is 31.2. The van der Waals surface area contributed by atoms with Crippen molar-refractivity contribution in [3.63, 3.8) is 0 Å². The zero-order valence-electron chi connectivity index (χ0n) is 16.9. The molecule has 1 aromatic rings. The van der Waals surface area contributed by atoms with Crippen LogP contribution < -0.4 is 4.74 Å². The molecule has 7 nitrogen and oxygen atoms in total. The Kier molecular flexibility index (Phi) is 7.79. The molecule has 0 aromatic heterocycles. The Morgan fingerprint density at radius 2 is 1.76 bits per heavy atom. The van der Waals surface area contributed by atoms with Crippen LogP contribution in [0.5, 0.6) is 5.75 Å². The number of hydrogen-bond donors (Lipinski definition) is 0. The molecule has 0 atom stereocenters. The maximum atomic E-state index is 12.8. The summed E-state index contributed by atoms with van der Waals surface area (Å²) in [5.74, 6) is 0.923. The highest BCUT2D eigenvalue weighted by Crippen LogP contribution is 2.24. The van der Waals surface area contributed by atoms with Crippen molar-refractivity contribution in [2.24, 2.45) is 5.92 Å². The molecule has 2 saturated heterocycles. The summed E-state index contributed by atoms with van der Waals surface area (Å²) in [6, 6.07) is 7.44. The summed E-state index contributed by atoms with van der Waals surface area (Å²) in [4.78, 5) is 17.0. The number of carbonyl (C=O) groups excluding carboxylic acids is 1. The second-order valence-corrected chi connectivity index (χ2v) is 10.2. The molecule has 2 fully saturated rings. The van der Waals surface area contributed by atoms with Crippen molar-refractivity contribution < 1.29 is 17.9 Å². The highest BCUT2D eigenvalue weighted by Gasteiger charge is 2.33. The Balaban J connectivity index is 1.38. The van der Waals surface area contributed by atoms with Gasteiger partial charge in [-0.3, -0.25) is 9.69 Å². The van der Waals surface area contributed by atoms with Crippen LogP contribution >= 0.6 is 11.6 Å². The number of amides is 1. The van der Waals surface area contributed by atoms with Gasteiger partial charge in [-0.25, -0.2) is 12.7 Å². The van der Waals surface area contributed by atoms with E-state index in [0.29, 0.717) is 56.4 Å². The van der Waals surface area contributed by atoms with Crippen molar-refractivity contribution in [2.75, 3.05) is 58.2 Å². The number of carbonyl (C=O) groups is 1. The van der Waals surface area contributed by atoms with E-state index in [4.69, 9.17) is 16.3 Å². The minimum Gasteiger partial charge on any atom is -0.491 e. The van der Waals surface area contributed by atoms with Crippen molar-refractivity contribution in [3.8, 4) is 5.75 Å². The normalized spacial score (nSPS) is 20.0. The standard InChI is InChI=1S/C20H30ClN3O4S/c1-2-29(26,27)24-9-7-17(8-10-24)20(25)23-13-11-22(12-14-23)15-16-28-19-6-4-3-5-18(19)21/h3-6,17H,2,7-16H2,1H3. The van der Waals surface area contributed by atoms with Gasteiger partial charge < -0.3 is 9.64 Å². The lowest BCUT2D eigenvalue weighted by Gasteiger charge is -2.38. The smallest absolute Gasteiger partial charge is 0.225 e. The van der Waals surface area contributed by atoms with Crippen molar-refractivity contribution in [1.82, 2.24) is 14.1 Å². The number of sulfonamides is 1. The molecule has 0 saturated carbocycles. The molecule has 29 heavy (non-hydrogen) atoms. The molecular formula is C20H30ClN3O4S. The van der Waals surface area contributed by atoms with Gasteiger partial charge in [-0.15, -0.1) is 0 Å². The third kappa shape index (κ3) is 5.84. The van der Waals surface area contributed by atoms with Crippen LogP contribution in [0.25, 0.3) is 0 Å². The van der Waals surface area contributed by atoms with E-state index >= 15 is 0 Å². The summed E-state index contributed by atoms with van der Waals surface area (Å²) in [7, 11) is -3.15. The Morgan fingerprint density at radius 1 is 1.10 bits per heavy atom. The number of halogens is 1. The molecule has 0 N–H and O–H groups in total. The lowest BCUT2D eigenvalue weighted by Crippen LogP contribution is -2.52. The topological polar surface area (TPSA) is 70.2 Å². The van der Waals surface area contributed by atoms with Gasteiger partial charge in [-0.1, -0.05) is 23.7 Å². The molecule has 0 spiro atoms. The SMILES string of the molecule is CCS(=O)(=O)N1CCC(C(=O)N2CCN(CCOc3ccccc3Cl)CC2)CC1. The van der Waals surface area contributed by atoms with Gasteiger partial charge in [-0.05, 0) is 31.9 Å². The molecule has 0 unspecified atom stereocenters. The zero-order chi connectivity index (χ0) is 20.9. The average molecular weight is 444 g/mol. The Morgan fingerprint density at radius 3 is 2.38 bits per heavy atom. The largest absolute Gasteiger partial charge is 0.491 e. The summed E-state index contributed by atoms with van der Waals surface area (Å²) in [6.07, 6.45) is 1.23. The minimum atomic E-state index is -3.15. The number of hydrogen-bond acceptors (Lipinski definition) is 5. The van der Waals surface area contributed by atoms with E-state index in [9.17, 15) is 13.2 Å². The van der Waals surface area contributed by atoms with E-state index in [1.807, 2.05) is 29.2 Å². The predicted molar refractivity (Wildman–Crippen MR) is 114 cm³/mol. The molecule has 1 amide bonds. The van der Waals surface area contributed by atoms with Crippen LogP contribution in [0.3, 0.4) is 0 Å². The summed E-state index contributed by atoms with van der Waals surface area (Å²) >= 11 is 6.10. The number of piperazine rings is 1. The minimum absolute atomic E-state index is 0.0617. The molecular weight excluding hydrogens is 414 g/mol. The highest BCUT2D eigenvalue weighted by molar-refractivity contribution is 7.89. The molecule has 162 valence electrons. The van der Waals surface area contributed by atoms with E-state index in [1.165, 1.54) is 4.31 Å². The van der Waals surface area contributed by atoms with Gasteiger partial charge in [0, 0.05) is 51.7 Å². The van der Waals surface area contributed by atoms with Crippen molar-refractivity contribution in [1.29, 1.82) is 0 Å². The maximum absolute atomic E-state index is 12.8. The second kappa shape index (κ2) is 10.1. The Bertz CT molecular complexity index is 789. The van der Waals surface area contributed by atoms with E-state index < -0.39 is 10.0 Å². The van der Waals surface area contributed by atoms with Crippen LogP contribution in [0.4, 0.5) is 0 Å². The molecule has 2 aliphatic heterocycles. The molecule has 2 heterocycles. The fraction of sp³-hybridized carbons (Fsp3) is 0.650. The summed E-state index contributed by atoms with van der Waals surface area (Å²) in [6.45, 7) is 6.96. The van der Waals surface area contributed by atoms with E-state index in [0.717, 1.165) is 19.6 Å². The molecule has 9 heteroatoms. The maximum Gasteiger partial charge on any atom is 0.225 e. The molecule has 0 radical (unpaired) electrons. The number of rotatable bonds is 7. The number of nitrogens with zero attached hydrogens (tertiary/aromatic N) is 3. The second-order valence-electron chi connectivity index (χ2n) is 7.52. The van der Waals surface area contributed by atoms with Gasteiger partial charge in [0.1, 0.15) is 12.4 Å².